The molecule has 1 aliphatic rings. The second-order valence-corrected chi connectivity index (χ2v) is 6.42. The highest BCUT2D eigenvalue weighted by atomic mass is 16.3. The van der Waals surface area contributed by atoms with Crippen molar-refractivity contribution in [1.82, 2.24) is 5.32 Å². The summed E-state index contributed by atoms with van der Waals surface area (Å²) >= 11 is 0. The Morgan fingerprint density at radius 2 is 2.00 bits per heavy atom. The lowest BCUT2D eigenvalue weighted by Crippen LogP contribution is -2.52. The number of nitrogens with one attached hydrogen (secondary N) is 1. The van der Waals surface area contributed by atoms with Crippen molar-refractivity contribution >= 4 is 0 Å². The highest BCUT2D eigenvalue weighted by molar-refractivity contribution is 5.17. The molecule has 0 unspecified atom stereocenters. The van der Waals surface area contributed by atoms with E-state index in [1.165, 1.54) is 0 Å². The van der Waals surface area contributed by atoms with Crippen molar-refractivity contribution in [3.05, 3.63) is 61.0 Å². The third-order valence-corrected chi connectivity index (χ3v) is 4.86. The molecule has 1 fully saturated rings. The van der Waals surface area contributed by atoms with Gasteiger partial charge in [0.05, 0.1) is 30.2 Å². The smallest absolute Gasteiger partial charge is 0.121 e. The fraction of sp³-hybridized carbons (Fsp3) is 0.474. The Kier molecular flexibility index (Phi) is 4.74. The van der Waals surface area contributed by atoms with E-state index in [1.807, 2.05) is 30.3 Å². The van der Waals surface area contributed by atoms with Gasteiger partial charge in [-0.1, -0.05) is 19.4 Å². The largest absolute Gasteiger partial charge is 0.468 e. The van der Waals surface area contributed by atoms with Gasteiger partial charge in [0.25, 0.3) is 0 Å². The Morgan fingerprint density at radius 1 is 1.30 bits per heavy atom. The minimum absolute atomic E-state index is 0.0428. The summed E-state index contributed by atoms with van der Waals surface area (Å²) in [6, 6.07) is 7.61. The van der Waals surface area contributed by atoms with Crippen molar-refractivity contribution in [1.29, 1.82) is 0 Å². The first kappa shape index (κ1) is 16.1. The molecule has 0 spiro atoms. The van der Waals surface area contributed by atoms with E-state index in [4.69, 9.17) is 8.83 Å². The third kappa shape index (κ3) is 3.14. The lowest BCUT2D eigenvalue weighted by Gasteiger charge is -2.47. The van der Waals surface area contributed by atoms with Gasteiger partial charge in [-0.3, -0.25) is 5.32 Å². The van der Waals surface area contributed by atoms with Gasteiger partial charge in [-0.2, -0.15) is 0 Å². The maximum Gasteiger partial charge on any atom is 0.121 e. The van der Waals surface area contributed by atoms with Crippen molar-refractivity contribution in [3.63, 3.8) is 0 Å². The van der Waals surface area contributed by atoms with Gasteiger partial charge in [0.1, 0.15) is 11.5 Å². The van der Waals surface area contributed by atoms with Gasteiger partial charge in [0, 0.05) is 5.92 Å². The molecule has 3 rings (SSSR count). The van der Waals surface area contributed by atoms with Crippen molar-refractivity contribution < 1.29 is 13.9 Å². The van der Waals surface area contributed by atoms with Crippen LogP contribution in [-0.4, -0.2) is 10.7 Å². The fourth-order valence-electron chi connectivity index (χ4n) is 3.86. The van der Waals surface area contributed by atoms with Crippen LogP contribution in [0, 0.1) is 5.92 Å². The highest BCUT2D eigenvalue weighted by Crippen LogP contribution is 2.47. The van der Waals surface area contributed by atoms with Gasteiger partial charge < -0.3 is 13.9 Å². The molecule has 0 amide bonds. The number of hydrogen-bond acceptors (Lipinski definition) is 4. The molecule has 1 saturated heterocycles. The molecule has 1 aliphatic heterocycles. The fourth-order valence-corrected chi connectivity index (χ4v) is 3.86. The standard InChI is InChI=1S/C19H25NO3/c1-3-7-14-18(17-9-6-12-23-17)20-15(16-8-5-11-22-16)13-19(14,21)10-4-2/h4-6,8-9,11-12,14-15,18,20-21H,2-3,7,10,13H2,1H3/t14-,15+,18+,19-/m1/s1. The minimum atomic E-state index is -0.822. The molecular formula is C19H25NO3. The zero-order chi connectivity index (χ0) is 16.3. The molecule has 4 atom stereocenters. The summed E-state index contributed by atoms with van der Waals surface area (Å²) < 4.78 is 11.2. The predicted octanol–water partition coefficient (Wildman–Crippen LogP) is 4.37. The molecule has 124 valence electrons. The Hall–Kier alpha value is -1.78. The van der Waals surface area contributed by atoms with Crippen LogP contribution < -0.4 is 5.32 Å². The summed E-state index contributed by atoms with van der Waals surface area (Å²) in [7, 11) is 0. The normalized spacial score (nSPS) is 31.1. The van der Waals surface area contributed by atoms with Crippen molar-refractivity contribution in [2.45, 2.75) is 50.3 Å². The van der Waals surface area contributed by atoms with Crippen LogP contribution in [-0.2, 0) is 0 Å². The van der Waals surface area contributed by atoms with Crippen LogP contribution in [0.4, 0.5) is 0 Å². The molecule has 2 aromatic rings. The van der Waals surface area contributed by atoms with Gasteiger partial charge in [-0.25, -0.2) is 0 Å². The predicted molar refractivity (Wildman–Crippen MR) is 88.8 cm³/mol. The number of aliphatic hydroxyl groups is 1. The van der Waals surface area contributed by atoms with Gasteiger partial charge in [-0.15, -0.1) is 6.58 Å². The van der Waals surface area contributed by atoms with Crippen molar-refractivity contribution in [2.75, 3.05) is 0 Å². The van der Waals surface area contributed by atoms with Crippen LogP contribution in [0.25, 0.3) is 0 Å². The SMILES string of the molecule is C=CC[C@@]1(O)C[C@@H](c2ccco2)N[C@H](c2ccco2)[C@H]1CCC. The van der Waals surface area contributed by atoms with Crippen LogP contribution in [0.1, 0.15) is 56.2 Å². The van der Waals surface area contributed by atoms with E-state index >= 15 is 0 Å². The monoisotopic (exact) mass is 315 g/mol. The van der Waals surface area contributed by atoms with E-state index in [9.17, 15) is 5.11 Å². The topological polar surface area (TPSA) is 58.5 Å². The molecule has 0 aliphatic carbocycles. The minimum Gasteiger partial charge on any atom is -0.468 e. The molecule has 0 bridgehead atoms. The zero-order valence-electron chi connectivity index (χ0n) is 13.6. The average molecular weight is 315 g/mol. The van der Waals surface area contributed by atoms with Gasteiger partial charge >= 0.3 is 0 Å². The molecule has 2 aromatic heterocycles. The lowest BCUT2D eigenvalue weighted by atomic mass is 9.69. The first-order chi connectivity index (χ1) is 11.2. The molecule has 23 heavy (non-hydrogen) atoms. The van der Waals surface area contributed by atoms with Crippen molar-refractivity contribution in [3.8, 4) is 0 Å². The van der Waals surface area contributed by atoms with Crippen LogP contribution in [0.5, 0.6) is 0 Å². The van der Waals surface area contributed by atoms with E-state index in [-0.39, 0.29) is 18.0 Å². The summed E-state index contributed by atoms with van der Waals surface area (Å²) in [4.78, 5) is 0. The van der Waals surface area contributed by atoms with E-state index in [0.29, 0.717) is 12.8 Å². The summed E-state index contributed by atoms with van der Waals surface area (Å²) in [6.07, 6.45) is 8.27. The Balaban J connectivity index is 1.97. The summed E-state index contributed by atoms with van der Waals surface area (Å²) in [6.45, 7) is 5.99. The van der Waals surface area contributed by atoms with Gasteiger partial charge in [0.2, 0.25) is 0 Å². The van der Waals surface area contributed by atoms with E-state index in [2.05, 4.69) is 18.8 Å². The molecule has 0 radical (unpaired) electrons. The molecule has 2 N–H and O–H groups in total. The Morgan fingerprint density at radius 3 is 2.57 bits per heavy atom. The number of rotatable bonds is 6. The maximum atomic E-state index is 11.4. The summed E-state index contributed by atoms with van der Waals surface area (Å²) in [5, 5.41) is 15.0. The Labute approximate surface area is 137 Å². The molecule has 3 heterocycles. The third-order valence-electron chi connectivity index (χ3n) is 4.86. The average Bonchev–Trinajstić information content (AvgIpc) is 3.22. The quantitative estimate of drug-likeness (QED) is 0.777. The van der Waals surface area contributed by atoms with E-state index in [0.717, 1.165) is 24.4 Å². The van der Waals surface area contributed by atoms with Crippen LogP contribution >= 0.6 is 0 Å². The molecule has 0 aromatic carbocycles. The van der Waals surface area contributed by atoms with Crippen LogP contribution in [0.15, 0.2) is 58.3 Å². The number of piperidine rings is 1. The van der Waals surface area contributed by atoms with E-state index < -0.39 is 5.60 Å². The number of hydrogen-bond donors (Lipinski definition) is 2. The molecular weight excluding hydrogens is 290 g/mol. The zero-order valence-corrected chi connectivity index (χ0v) is 13.6. The highest BCUT2D eigenvalue weighted by Gasteiger charge is 2.48. The van der Waals surface area contributed by atoms with Crippen molar-refractivity contribution in [2.24, 2.45) is 5.92 Å². The lowest BCUT2D eigenvalue weighted by molar-refractivity contribution is -0.0815. The van der Waals surface area contributed by atoms with Gasteiger partial charge in [-0.05, 0) is 43.5 Å². The molecule has 0 saturated carbocycles. The first-order valence-electron chi connectivity index (χ1n) is 8.34. The first-order valence-corrected chi connectivity index (χ1v) is 8.34. The summed E-state index contributed by atoms with van der Waals surface area (Å²) in [5.74, 6) is 1.78. The second-order valence-electron chi connectivity index (χ2n) is 6.42. The number of furan rings is 2. The van der Waals surface area contributed by atoms with E-state index in [1.54, 1.807) is 12.5 Å². The van der Waals surface area contributed by atoms with Crippen LogP contribution in [0.3, 0.4) is 0 Å². The Bertz CT molecular complexity index is 605. The summed E-state index contributed by atoms with van der Waals surface area (Å²) in [5.41, 5.74) is -0.822. The molecule has 4 nitrogen and oxygen atoms in total. The molecule has 4 heteroatoms. The van der Waals surface area contributed by atoms with Gasteiger partial charge in [0.15, 0.2) is 0 Å². The second kappa shape index (κ2) is 6.77. The maximum absolute atomic E-state index is 11.4. The van der Waals surface area contributed by atoms with Crippen LogP contribution in [0.2, 0.25) is 0 Å².